The van der Waals surface area contributed by atoms with Crippen LogP contribution in [-0.4, -0.2) is 45.0 Å². The van der Waals surface area contributed by atoms with Crippen LogP contribution in [0.15, 0.2) is 91.0 Å². The molecule has 0 unspecified atom stereocenters. The molecular formula is C72H85N3O7. The summed E-state index contributed by atoms with van der Waals surface area (Å²) in [5.74, 6) is 1.84. The highest BCUT2D eigenvalue weighted by molar-refractivity contribution is 6.35. The van der Waals surface area contributed by atoms with Crippen molar-refractivity contribution in [3.63, 3.8) is 0 Å². The number of imide groups is 1. The smallest absolute Gasteiger partial charge is 0.266 e. The lowest BCUT2D eigenvalue weighted by Crippen LogP contribution is -2.30. The Labute approximate surface area is 487 Å². The lowest BCUT2D eigenvalue weighted by molar-refractivity contribution is 0.0922. The van der Waals surface area contributed by atoms with E-state index in [0.717, 1.165) is 102 Å². The molecule has 6 aliphatic rings. The van der Waals surface area contributed by atoms with Crippen LogP contribution >= 0.6 is 0 Å². The van der Waals surface area contributed by atoms with Crippen LogP contribution in [0.3, 0.4) is 0 Å². The molecule has 0 aromatic heterocycles. The molecule has 10 nitrogen and oxygen atoms in total. The van der Waals surface area contributed by atoms with Gasteiger partial charge in [0.15, 0.2) is 0 Å². The zero-order valence-electron chi connectivity index (χ0n) is 50.9. The fourth-order valence-electron chi connectivity index (χ4n) is 12.7. The molecule has 0 saturated carbocycles. The highest BCUT2D eigenvalue weighted by Crippen LogP contribution is 2.43. The van der Waals surface area contributed by atoms with E-state index >= 15 is 0 Å². The van der Waals surface area contributed by atoms with Gasteiger partial charge in [0.2, 0.25) is 0 Å². The minimum atomic E-state index is -0.271. The van der Waals surface area contributed by atoms with Crippen molar-refractivity contribution in [3.05, 3.63) is 174 Å². The highest BCUT2D eigenvalue weighted by Gasteiger charge is 2.40. The van der Waals surface area contributed by atoms with E-state index in [-0.39, 0.29) is 39.9 Å². The average Bonchev–Trinajstić information content (AvgIpc) is 2.99. The molecule has 0 N–H and O–H groups in total. The molecule has 12 rings (SSSR count). The van der Waals surface area contributed by atoms with Gasteiger partial charge in [0.1, 0.15) is 17.2 Å². The lowest BCUT2D eigenvalue weighted by Gasteiger charge is -2.21. The van der Waals surface area contributed by atoms with Gasteiger partial charge in [-0.25, -0.2) is 4.90 Å². The van der Waals surface area contributed by atoms with Crippen molar-refractivity contribution in [2.75, 3.05) is 36.0 Å². The molecule has 10 heteroatoms. The zero-order chi connectivity index (χ0) is 58.4. The van der Waals surface area contributed by atoms with Gasteiger partial charge < -0.3 is 24.0 Å². The van der Waals surface area contributed by atoms with E-state index in [0.29, 0.717) is 35.7 Å². The number of rotatable bonds is 6. The summed E-state index contributed by atoms with van der Waals surface area (Å²) >= 11 is 0. The Morgan fingerprint density at radius 2 is 0.659 bits per heavy atom. The van der Waals surface area contributed by atoms with Crippen molar-refractivity contribution in [1.82, 2.24) is 0 Å². The molecule has 0 saturated heterocycles. The number of carbonyl (C=O) groups excluding carboxylic acids is 4. The second-order valence-electron chi connectivity index (χ2n) is 26.5. The van der Waals surface area contributed by atoms with E-state index in [1.807, 2.05) is 40.1 Å². The molecule has 6 aromatic carbocycles. The first-order chi connectivity index (χ1) is 39.1. The topological polar surface area (TPSA) is 106 Å². The van der Waals surface area contributed by atoms with Crippen LogP contribution in [0.2, 0.25) is 0 Å². The molecule has 0 radical (unpaired) electrons. The van der Waals surface area contributed by atoms with Crippen LogP contribution in [-0.2, 0) is 67.9 Å². The van der Waals surface area contributed by atoms with Crippen LogP contribution < -0.4 is 28.9 Å². The molecule has 0 bridgehead atoms. The highest BCUT2D eigenvalue weighted by atomic mass is 16.5. The van der Waals surface area contributed by atoms with Crippen molar-refractivity contribution in [3.8, 4) is 17.2 Å². The van der Waals surface area contributed by atoms with Gasteiger partial charge in [-0.1, -0.05) is 112 Å². The van der Waals surface area contributed by atoms with Gasteiger partial charge in [-0.3, -0.25) is 19.2 Å². The van der Waals surface area contributed by atoms with Crippen LogP contribution in [0.5, 0.6) is 17.2 Å². The summed E-state index contributed by atoms with van der Waals surface area (Å²) in [6.45, 7) is 20.7. The number of anilines is 3. The van der Waals surface area contributed by atoms with Gasteiger partial charge in [0.05, 0.1) is 62.6 Å². The summed E-state index contributed by atoms with van der Waals surface area (Å²) in [7, 11) is 5.00. The second kappa shape index (κ2) is 23.2. The number of ether oxygens (including phenoxy) is 3. The summed E-state index contributed by atoms with van der Waals surface area (Å²) in [5.41, 5.74) is 18.7. The Balaban J connectivity index is 0.000000138. The molecular weight excluding hydrogens is 1020 g/mol. The van der Waals surface area contributed by atoms with E-state index in [1.54, 1.807) is 27.4 Å². The van der Waals surface area contributed by atoms with Gasteiger partial charge in [-0.15, -0.1) is 0 Å². The van der Waals surface area contributed by atoms with Gasteiger partial charge in [-0.2, -0.15) is 0 Å². The molecule has 0 atom stereocenters. The van der Waals surface area contributed by atoms with E-state index in [4.69, 9.17) is 14.2 Å². The SMILES string of the molecule is COc1cc2c(cc1N1C(=O)c3ccc(C(C)(C)C)cc3C1=O)CCCCC2.COc1cc2c(cc1N1Cc3cc(C(C)(C)C)ccc3C1=O)CCCCC2.COc1cc2c(cc1N1Cc3ccc(C(C)(C)C)cc3C1=O)CCCCC2. The molecule has 82 heavy (non-hydrogen) atoms. The fraction of sp³-hybridized carbons (Fsp3) is 0.444. The van der Waals surface area contributed by atoms with E-state index < -0.39 is 0 Å². The molecule has 3 aliphatic heterocycles. The zero-order valence-corrected chi connectivity index (χ0v) is 50.9. The Hall–Kier alpha value is -7.20. The first-order valence-electron chi connectivity index (χ1n) is 30.1. The summed E-state index contributed by atoms with van der Waals surface area (Å²) in [6, 6.07) is 31.0. The number of carbonyl (C=O) groups is 4. The molecule has 3 aliphatic carbocycles. The fourth-order valence-corrected chi connectivity index (χ4v) is 12.7. The standard InChI is InChI=1S/C24H27NO3.2C24H29NO2/c1-24(2,3)17-10-11-18-19(14-17)23(27)25(22(18)26)20-12-15-8-6-5-7-9-16(15)13-21(20)28-4;1-24(2,3)19-10-11-20-18(12-19)15-25(23(20)26)21-13-16-8-6-5-7-9-17(16)14-22(21)27-4;1-24(2,3)19-11-10-18-15-25(23(26)20(18)14-19)21-12-16-8-6-5-7-9-17(16)13-22(21)27-4/h10-14H,5-9H2,1-4H3;2*10-14H,5-9,15H2,1-4H3. The maximum Gasteiger partial charge on any atom is 0.266 e. The Kier molecular flexibility index (Phi) is 16.4. The van der Waals surface area contributed by atoms with Crippen molar-refractivity contribution in [1.29, 1.82) is 0 Å². The van der Waals surface area contributed by atoms with Gasteiger partial charge in [0, 0.05) is 11.1 Å². The van der Waals surface area contributed by atoms with Crippen molar-refractivity contribution in [2.45, 2.75) is 188 Å². The third-order valence-electron chi connectivity index (χ3n) is 17.8. The van der Waals surface area contributed by atoms with E-state index in [1.165, 1.54) is 94.4 Å². The number of nitrogens with zero attached hydrogens (tertiary/aromatic N) is 3. The van der Waals surface area contributed by atoms with Crippen LogP contribution in [0.4, 0.5) is 17.1 Å². The Bertz CT molecular complexity index is 3410. The van der Waals surface area contributed by atoms with Gasteiger partial charge in [0.25, 0.3) is 23.6 Å². The normalized spacial score (nSPS) is 16.7. The van der Waals surface area contributed by atoms with Gasteiger partial charge >= 0.3 is 0 Å². The third kappa shape index (κ3) is 11.6. The molecule has 6 aromatic rings. The van der Waals surface area contributed by atoms with Crippen molar-refractivity contribution in [2.24, 2.45) is 0 Å². The molecule has 0 fully saturated rings. The maximum absolute atomic E-state index is 13.3. The average molecular weight is 1100 g/mol. The molecule has 430 valence electrons. The quantitative estimate of drug-likeness (QED) is 0.121. The number of hydrogen-bond acceptors (Lipinski definition) is 7. The maximum atomic E-state index is 13.3. The predicted octanol–water partition coefficient (Wildman–Crippen LogP) is 15.9. The van der Waals surface area contributed by atoms with E-state index in [9.17, 15) is 19.2 Å². The Morgan fingerprint density at radius 1 is 0.317 bits per heavy atom. The van der Waals surface area contributed by atoms with Crippen LogP contribution in [0, 0.1) is 0 Å². The number of methoxy groups -OCH3 is 3. The van der Waals surface area contributed by atoms with Crippen LogP contribution in [0.1, 0.15) is 223 Å². The lowest BCUT2D eigenvalue weighted by atomic mass is 9.85. The minimum absolute atomic E-state index is 0.0322. The minimum Gasteiger partial charge on any atom is -0.495 e. The molecule has 3 heterocycles. The summed E-state index contributed by atoms with van der Waals surface area (Å²) in [6.07, 6.45) is 17.4. The number of hydrogen-bond donors (Lipinski definition) is 0. The first-order valence-corrected chi connectivity index (χ1v) is 30.1. The number of aryl methyl sites for hydroxylation is 6. The van der Waals surface area contributed by atoms with Gasteiger partial charge in [-0.05, 0) is 215 Å². The Morgan fingerprint density at radius 3 is 1.10 bits per heavy atom. The largest absolute Gasteiger partial charge is 0.495 e. The first kappa shape index (κ1) is 58.0. The van der Waals surface area contributed by atoms with Crippen molar-refractivity contribution >= 4 is 40.7 Å². The van der Waals surface area contributed by atoms with Crippen molar-refractivity contribution < 1.29 is 33.4 Å². The summed E-state index contributed by atoms with van der Waals surface area (Å²) in [4.78, 5) is 57.8. The van der Waals surface area contributed by atoms with E-state index in [2.05, 4.69) is 117 Å². The number of amides is 4. The second-order valence-corrected chi connectivity index (χ2v) is 26.5. The molecule has 0 spiro atoms. The summed E-state index contributed by atoms with van der Waals surface area (Å²) in [5, 5.41) is 0. The number of benzene rings is 6. The third-order valence-corrected chi connectivity index (χ3v) is 17.8. The summed E-state index contributed by atoms with van der Waals surface area (Å²) < 4.78 is 17.0. The predicted molar refractivity (Wildman–Crippen MR) is 330 cm³/mol. The van der Waals surface area contributed by atoms with Crippen LogP contribution in [0.25, 0.3) is 0 Å². The molecule has 4 amide bonds. The monoisotopic (exact) mass is 1100 g/mol. The number of fused-ring (bicyclic) bond motifs is 6.